The number of hydrogen-bond donors (Lipinski definition) is 0. The quantitative estimate of drug-likeness (QED) is 0.509. The van der Waals surface area contributed by atoms with Gasteiger partial charge >= 0.3 is 0 Å². The van der Waals surface area contributed by atoms with Crippen molar-refractivity contribution in [3.8, 4) is 11.1 Å². The fourth-order valence-corrected chi connectivity index (χ4v) is 5.90. The van der Waals surface area contributed by atoms with Gasteiger partial charge in [-0.25, -0.2) is 17.2 Å². The molecule has 0 spiro atoms. The molecule has 1 aromatic heterocycles. The molecule has 2 heterocycles. The second-order valence-electron chi connectivity index (χ2n) is 7.93. The molecule has 1 aliphatic rings. The van der Waals surface area contributed by atoms with E-state index in [2.05, 4.69) is 9.88 Å². The van der Waals surface area contributed by atoms with Crippen molar-refractivity contribution in [3.05, 3.63) is 88.7 Å². The SMILES string of the molecule is O=S(=O)(Cc1cc(F)cc(F)c1)CC1CN(Cc2ccc(Cl)cc2-c2ccncc2)C1. The maximum atomic E-state index is 13.3. The first-order chi connectivity index (χ1) is 14.8. The van der Waals surface area contributed by atoms with E-state index < -0.39 is 21.5 Å². The molecule has 1 aliphatic heterocycles. The van der Waals surface area contributed by atoms with E-state index in [0.717, 1.165) is 34.9 Å². The van der Waals surface area contributed by atoms with E-state index in [4.69, 9.17) is 11.6 Å². The van der Waals surface area contributed by atoms with E-state index in [1.54, 1.807) is 12.4 Å². The number of aromatic nitrogens is 1. The van der Waals surface area contributed by atoms with Crippen molar-refractivity contribution in [2.45, 2.75) is 12.3 Å². The van der Waals surface area contributed by atoms with Crippen molar-refractivity contribution in [3.63, 3.8) is 0 Å². The zero-order valence-electron chi connectivity index (χ0n) is 16.6. The standard InChI is InChI=1S/C23H21ClF2N2O2S/c24-20-2-1-19(23(9-20)18-3-5-27-6-4-18)13-28-11-17(12-28)15-31(29,30)14-16-7-21(25)10-22(26)8-16/h1-10,17H,11-15H2. The largest absolute Gasteiger partial charge is 0.298 e. The molecule has 2 aromatic carbocycles. The lowest BCUT2D eigenvalue weighted by Crippen LogP contribution is -2.48. The number of hydrogen-bond acceptors (Lipinski definition) is 4. The summed E-state index contributed by atoms with van der Waals surface area (Å²) in [6, 6.07) is 12.5. The Labute approximate surface area is 185 Å². The minimum atomic E-state index is -3.47. The molecule has 0 atom stereocenters. The van der Waals surface area contributed by atoms with Crippen LogP contribution < -0.4 is 0 Å². The molecule has 31 heavy (non-hydrogen) atoms. The van der Waals surface area contributed by atoms with Gasteiger partial charge in [-0.3, -0.25) is 9.88 Å². The van der Waals surface area contributed by atoms with E-state index in [1.807, 2.05) is 30.3 Å². The lowest BCUT2D eigenvalue weighted by Gasteiger charge is -2.39. The van der Waals surface area contributed by atoms with Crippen molar-refractivity contribution >= 4 is 21.4 Å². The van der Waals surface area contributed by atoms with Crippen LogP contribution >= 0.6 is 11.6 Å². The second-order valence-corrected chi connectivity index (χ2v) is 10.5. The Morgan fingerprint density at radius 1 is 1.00 bits per heavy atom. The molecule has 4 rings (SSSR count). The average Bonchev–Trinajstić information content (AvgIpc) is 2.66. The monoisotopic (exact) mass is 462 g/mol. The van der Waals surface area contributed by atoms with Crippen molar-refractivity contribution < 1.29 is 17.2 Å². The molecule has 0 unspecified atom stereocenters. The van der Waals surface area contributed by atoms with Crippen LogP contribution in [0.3, 0.4) is 0 Å². The Bertz CT molecular complexity index is 1160. The van der Waals surface area contributed by atoms with E-state index >= 15 is 0 Å². The van der Waals surface area contributed by atoms with Crippen LogP contribution in [0.2, 0.25) is 5.02 Å². The predicted octanol–water partition coefficient (Wildman–Crippen LogP) is 4.73. The second kappa shape index (κ2) is 9.02. The van der Waals surface area contributed by atoms with Crippen LogP contribution in [-0.2, 0) is 22.1 Å². The Balaban J connectivity index is 1.37. The molecule has 0 N–H and O–H groups in total. The Morgan fingerprint density at radius 3 is 2.35 bits per heavy atom. The first-order valence-corrected chi connectivity index (χ1v) is 12.0. The van der Waals surface area contributed by atoms with Crippen LogP contribution in [0, 0.1) is 17.6 Å². The third-order valence-corrected chi connectivity index (χ3v) is 7.28. The summed E-state index contributed by atoms with van der Waals surface area (Å²) in [5.41, 5.74) is 3.29. The topological polar surface area (TPSA) is 50.3 Å². The van der Waals surface area contributed by atoms with Gasteiger partial charge in [0.25, 0.3) is 0 Å². The van der Waals surface area contributed by atoms with Crippen molar-refractivity contribution in [1.82, 2.24) is 9.88 Å². The van der Waals surface area contributed by atoms with Gasteiger partial charge in [0.15, 0.2) is 9.84 Å². The van der Waals surface area contributed by atoms with Gasteiger partial charge in [0, 0.05) is 43.1 Å². The number of likely N-dealkylation sites (tertiary alicyclic amines) is 1. The highest BCUT2D eigenvalue weighted by Crippen LogP contribution is 2.30. The summed E-state index contributed by atoms with van der Waals surface area (Å²) in [5.74, 6) is -1.90. The van der Waals surface area contributed by atoms with Gasteiger partial charge in [0.2, 0.25) is 0 Å². The molecule has 0 bridgehead atoms. The van der Waals surface area contributed by atoms with Crippen molar-refractivity contribution in [2.24, 2.45) is 5.92 Å². The van der Waals surface area contributed by atoms with Gasteiger partial charge in [0.1, 0.15) is 11.6 Å². The molecule has 162 valence electrons. The van der Waals surface area contributed by atoms with Gasteiger partial charge in [-0.15, -0.1) is 0 Å². The number of halogens is 3. The summed E-state index contributed by atoms with van der Waals surface area (Å²) in [6.07, 6.45) is 3.46. The van der Waals surface area contributed by atoms with E-state index in [-0.39, 0.29) is 23.0 Å². The normalized spacial score (nSPS) is 15.1. The fraction of sp³-hybridized carbons (Fsp3) is 0.261. The predicted molar refractivity (Wildman–Crippen MR) is 117 cm³/mol. The molecule has 0 amide bonds. The van der Waals surface area contributed by atoms with Crippen LogP contribution in [0.5, 0.6) is 0 Å². The van der Waals surface area contributed by atoms with Crippen molar-refractivity contribution in [2.75, 3.05) is 18.8 Å². The molecule has 8 heteroatoms. The average molecular weight is 463 g/mol. The molecule has 3 aromatic rings. The summed E-state index contributed by atoms with van der Waals surface area (Å²) >= 11 is 6.19. The van der Waals surface area contributed by atoms with Crippen LogP contribution in [0.1, 0.15) is 11.1 Å². The summed E-state index contributed by atoms with van der Waals surface area (Å²) in [6.45, 7) is 1.98. The van der Waals surface area contributed by atoms with Gasteiger partial charge in [-0.1, -0.05) is 17.7 Å². The maximum absolute atomic E-state index is 13.3. The van der Waals surface area contributed by atoms with Crippen molar-refractivity contribution in [1.29, 1.82) is 0 Å². The summed E-state index contributed by atoms with van der Waals surface area (Å²) in [5, 5.41) is 0.650. The molecule has 4 nitrogen and oxygen atoms in total. The molecular formula is C23H21ClF2N2O2S. The van der Waals surface area contributed by atoms with E-state index in [0.29, 0.717) is 24.7 Å². The fourth-order valence-electron chi connectivity index (χ4n) is 4.01. The zero-order chi connectivity index (χ0) is 22.0. The Hall–Kier alpha value is -2.35. The van der Waals surface area contributed by atoms with E-state index in [9.17, 15) is 17.2 Å². The first-order valence-electron chi connectivity index (χ1n) is 9.84. The van der Waals surface area contributed by atoms with Crippen LogP contribution in [0.25, 0.3) is 11.1 Å². The molecule has 1 fully saturated rings. The lowest BCUT2D eigenvalue weighted by molar-refractivity contribution is 0.107. The summed E-state index contributed by atoms with van der Waals surface area (Å²) < 4.78 is 51.6. The number of pyridine rings is 1. The van der Waals surface area contributed by atoms with Gasteiger partial charge in [-0.2, -0.15) is 0 Å². The smallest absolute Gasteiger partial charge is 0.154 e. The Kier molecular flexibility index (Phi) is 6.36. The molecule has 0 radical (unpaired) electrons. The van der Waals surface area contributed by atoms with Crippen LogP contribution in [0.4, 0.5) is 8.78 Å². The molecular weight excluding hydrogens is 442 g/mol. The summed E-state index contributed by atoms with van der Waals surface area (Å²) in [7, 11) is -3.47. The third-order valence-electron chi connectivity index (χ3n) is 5.29. The maximum Gasteiger partial charge on any atom is 0.154 e. The number of sulfone groups is 1. The minimum absolute atomic E-state index is 0.0000756. The zero-order valence-corrected chi connectivity index (χ0v) is 18.2. The van der Waals surface area contributed by atoms with Gasteiger partial charge in [-0.05, 0) is 64.6 Å². The third kappa shape index (κ3) is 5.67. The lowest BCUT2D eigenvalue weighted by atomic mass is 9.97. The Morgan fingerprint density at radius 2 is 1.68 bits per heavy atom. The minimum Gasteiger partial charge on any atom is -0.298 e. The van der Waals surface area contributed by atoms with Crippen LogP contribution in [0.15, 0.2) is 60.9 Å². The van der Waals surface area contributed by atoms with Crippen LogP contribution in [-0.4, -0.2) is 37.1 Å². The number of rotatable bonds is 7. The molecule has 1 saturated heterocycles. The highest BCUT2D eigenvalue weighted by Gasteiger charge is 2.31. The molecule has 0 saturated carbocycles. The number of nitrogens with zero attached hydrogens (tertiary/aromatic N) is 2. The molecule has 0 aliphatic carbocycles. The first kappa shape index (κ1) is 21.9. The van der Waals surface area contributed by atoms with Gasteiger partial charge in [0.05, 0.1) is 11.5 Å². The highest BCUT2D eigenvalue weighted by molar-refractivity contribution is 7.90. The number of benzene rings is 2. The van der Waals surface area contributed by atoms with Gasteiger partial charge < -0.3 is 0 Å². The summed E-state index contributed by atoms with van der Waals surface area (Å²) in [4.78, 5) is 6.23. The van der Waals surface area contributed by atoms with E-state index in [1.165, 1.54) is 0 Å². The highest BCUT2D eigenvalue weighted by atomic mass is 35.5.